The van der Waals surface area contributed by atoms with Crippen molar-refractivity contribution in [1.82, 2.24) is 0 Å². The highest BCUT2D eigenvalue weighted by molar-refractivity contribution is 5.94. The minimum absolute atomic E-state index is 0.181. The van der Waals surface area contributed by atoms with Crippen LogP contribution in [0.3, 0.4) is 0 Å². The molecule has 0 aliphatic rings. The predicted octanol–water partition coefficient (Wildman–Crippen LogP) is 4.21. The third-order valence-corrected chi connectivity index (χ3v) is 5.49. The summed E-state index contributed by atoms with van der Waals surface area (Å²) in [5.74, 6) is 0.687. The lowest BCUT2D eigenvalue weighted by Crippen LogP contribution is -2.15. The third-order valence-electron chi connectivity index (χ3n) is 5.49. The molecule has 226 valence electrons. The molecular formula is C31H42O10. The minimum Gasteiger partial charge on any atom is -0.491 e. The van der Waals surface area contributed by atoms with Crippen molar-refractivity contribution in [3.05, 3.63) is 60.2 Å². The highest BCUT2D eigenvalue weighted by atomic mass is 16.6. The van der Waals surface area contributed by atoms with Crippen LogP contribution in [0, 0.1) is 6.92 Å². The van der Waals surface area contributed by atoms with E-state index < -0.39 is 11.9 Å². The Morgan fingerprint density at radius 1 is 0.585 bits per heavy atom. The topological polar surface area (TPSA) is 108 Å². The van der Waals surface area contributed by atoms with E-state index in [1.165, 1.54) is 0 Å². The van der Waals surface area contributed by atoms with E-state index in [-0.39, 0.29) is 13.2 Å². The van der Waals surface area contributed by atoms with Gasteiger partial charge in [-0.25, -0.2) is 9.59 Å². The highest BCUT2D eigenvalue weighted by Gasteiger charge is 2.10. The summed E-state index contributed by atoms with van der Waals surface area (Å²) in [5, 5.41) is 1.90. The molecule has 10 heteroatoms. The summed E-state index contributed by atoms with van der Waals surface area (Å²) >= 11 is 0. The fourth-order valence-electron chi connectivity index (χ4n) is 3.42. The van der Waals surface area contributed by atoms with Gasteiger partial charge in [0.1, 0.15) is 37.9 Å². The molecule has 0 saturated carbocycles. The van der Waals surface area contributed by atoms with E-state index in [0.29, 0.717) is 77.2 Å². The average Bonchev–Trinajstić information content (AvgIpc) is 2.95. The van der Waals surface area contributed by atoms with E-state index >= 15 is 0 Å². The van der Waals surface area contributed by atoms with E-state index in [0.717, 1.165) is 27.8 Å². The summed E-state index contributed by atoms with van der Waals surface area (Å²) in [4.78, 5) is 22.6. The van der Waals surface area contributed by atoms with Crippen molar-refractivity contribution >= 4 is 22.7 Å². The Bertz CT molecular complexity index is 1130. The van der Waals surface area contributed by atoms with Gasteiger partial charge in [0.2, 0.25) is 0 Å². The minimum atomic E-state index is -0.422. The van der Waals surface area contributed by atoms with Crippen molar-refractivity contribution in [1.29, 1.82) is 0 Å². The van der Waals surface area contributed by atoms with Crippen LogP contribution in [-0.4, -0.2) is 91.2 Å². The molecular weight excluding hydrogens is 532 g/mol. The van der Waals surface area contributed by atoms with Gasteiger partial charge in [-0.15, -0.1) is 0 Å². The lowest BCUT2D eigenvalue weighted by Gasteiger charge is -2.15. The number of hydrogen-bond donors (Lipinski definition) is 0. The number of benzene rings is 2. The summed E-state index contributed by atoms with van der Waals surface area (Å²) in [6, 6.07) is 9.87. The van der Waals surface area contributed by atoms with Crippen molar-refractivity contribution in [2.75, 3.05) is 79.3 Å². The summed E-state index contributed by atoms with van der Waals surface area (Å²) in [7, 11) is 0. The van der Waals surface area contributed by atoms with Crippen LogP contribution in [0.5, 0.6) is 11.5 Å². The smallest absolute Gasteiger partial charge is 0.333 e. The molecule has 0 bridgehead atoms. The number of carbonyl (C=O) groups excluding carboxylic acids is 2. The van der Waals surface area contributed by atoms with Crippen LogP contribution in [0.2, 0.25) is 0 Å². The lowest BCUT2D eigenvalue weighted by molar-refractivity contribution is -0.141. The predicted molar refractivity (Wildman–Crippen MR) is 154 cm³/mol. The molecule has 2 rings (SSSR count). The number of fused-ring (bicyclic) bond motifs is 1. The molecule has 10 nitrogen and oxygen atoms in total. The third kappa shape index (κ3) is 13.2. The largest absolute Gasteiger partial charge is 0.491 e. The van der Waals surface area contributed by atoms with Gasteiger partial charge < -0.3 is 37.9 Å². The van der Waals surface area contributed by atoms with Gasteiger partial charge in [-0.3, -0.25) is 0 Å². The molecule has 0 saturated heterocycles. The molecule has 0 amide bonds. The summed E-state index contributed by atoms with van der Waals surface area (Å²) in [6.45, 7) is 16.4. The van der Waals surface area contributed by atoms with Crippen LogP contribution in [0.4, 0.5) is 0 Å². The van der Waals surface area contributed by atoms with Crippen LogP contribution in [0.1, 0.15) is 19.4 Å². The van der Waals surface area contributed by atoms with Crippen molar-refractivity contribution in [2.24, 2.45) is 0 Å². The van der Waals surface area contributed by atoms with Crippen molar-refractivity contribution in [3.8, 4) is 11.5 Å². The van der Waals surface area contributed by atoms with Gasteiger partial charge in [-0.2, -0.15) is 0 Å². The lowest BCUT2D eigenvalue weighted by atomic mass is 10.1. The number of hydrogen-bond acceptors (Lipinski definition) is 10. The first kappa shape index (κ1) is 33.8. The van der Waals surface area contributed by atoms with Crippen LogP contribution in [-0.2, 0) is 38.0 Å². The van der Waals surface area contributed by atoms with Crippen LogP contribution >= 0.6 is 0 Å². The van der Waals surface area contributed by atoms with E-state index in [4.69, 9.17) is 37.9 Å². The van der Waals surface area contributed by atoms with Crippen molar-refractivity contribution < 1.29 is 47.5 Å². The Hall–Kier alpha value is -3.44. The molecule has 0 heterocycles. The first-order chi connectivity index (χ1) is 19.8. The number of carbonyl (C=O) groups is 2. The summed E-state index contributed by atoms with van der Waals surface area (Å²) < 4.78 is 43.9. The molecule has 0 radical (unpaired) electrons. The average molecular weight is 575 g/mol. The van der Waals surface area contributed by atoms with Gasteiger partial charge in [0, 0.05) is 21.9 Å². The second kappa shape index (κ2) is 19.6. The van der Waals surface area contributed by atoms with Gasteiger partial charge >= 0.3 is 11.9 Å². The normalized spacial score (nSPS) is 10.8. The fourth-order valence-corrected chi connectivity index (χ4v) is 3.42. The molecule has 0 unspecified atom stereocenters. The zero-order chi connectivity index (χ0) is 29.9. The first-order valence-corrected chi connectivity index (χ1v) is 13.6. The van der Waals surface area contributed by atoms with Crippen molar-refractivity contribution in [2.45, 2.75) is 20.8 Å². The highest BCUT2D eigenvalue weighted by Crippen LogP contribution is 2.34. The monoisotopic (exact) mass is 574 g/mol. The zero-order valence-electron chi connectivity index (χ0n) is 24.4. The molecule has 0 atom stereocenters. The SMILES string of the molecule is C=C(C)C(=O)OCCOCCOCCOc1cccc2c(OCCOCCOCCOC(=O)C(=C)C)c(C)ccc12. The summed E-state index contributed by atoms with van der Waals surface area (Å²) in [5.41, 5.74) is 1.74. The summed E-state index contributed by atoms with van der Waals surface area (Å²) in [6.07, 6.45) is 0. The molecule has 0 N–H and O–H groups in total. The Balaban J connectivity index is 1.64. The maximum absolute atomic E-state index is 11.3. The second-order valence-electron chi connectivity index (χ2n) is 9.04. The molecule has 0 aromatic heterocycles. The zero-order valence-corrected chi connectivity index (χ0v) is 24.4. The van der Waals surface area contributed by atoms with E-state index in [1.807, 2.05) is 37.3 Å². The molecule has 0 aliphatic heterocycles. The van der Waals surface area contributed by atoms with Gasteiger partial charge in [0.25, 0.3) is 0 Å². The van der Waals surface area contributed by atoms with Gasteiger partial charge in [0.15, 0.2) is 0 Å². The molecule has 0 aliphatic carbocycles. The Morgan fingerprint density at radius 3 is 1.56 bits per heavy atom. The van der Waals surface area contributed by atoms with Gasteiger partial charge in [0.05, 0.1) is 52.9 Å². The molecule has 2 aromatic carbocycles. The molecule has 0 spiro atoms. The Labute approximate surface area is 242 Å². The van der Waals surface area contributed by atoms with Crippen LogP contribution in [0.25, 0.3) is 10.8 Å². The van der Waals surface area contributed by atoms with Crippen LogP contribution < -0.4 is 9.47 Å². The van der Waals surface area contributed by atoms with Crippen molar-refractivity contribution in [3.63, 3.8) is 0 Å². The Morgan fingerprint density at radius 2 is 1.05 bits per heavy atom. The quantitative estimate of drug-likeness (QED) is 0.115. The van der Waals surface area contributed by atoms with E-state index in [1.54, 1.807) is 13.8 Å². The molecule has 0 fully saturated rings. The van der Waals surface area contributed by atoms with E-state index in [2.05, 4.69) is 13.2 Å². The fraction of sp³-hybridized carbons (Fsp3) is 0.484. The number of ether oxygens (including phenoxy) is 8. The molecule has 41 heavy (non-hydrogen) atoms. The standard InChI is InChI=1S/C31H42O10/c1-23(2)30(32)40-21-17-36-13-11-34-15-19-38-28-8-6-7-27-26(28)10-9-25(5)29(27)39-20-16-35-12-14-37-18-22-41-31(33)24(3)4/h6-10H,1,3,11-22H2,2,4-5H3. The van der Waals surface area contributed by atoms with Gasteiger partial charge in [-0.1, -0.05) is 37.4 Å². The number of rotatable bonds is 22. The van der Waals surface area contributed by atoms with Gasteiger partial charge in [-0.05, 0) is 32.4 Å². The first-order valence-electron chi connectivity index (χ1n) is 13.6. The maximum atomic E-state index is 11.3. The number of aryl methyl sites for hydroxylation is 1. The Kier molecular flexibility index (Phi) is 16.1. The molecule has 2 aromatic rings. The maximum Gasteiger partial charge on any atom is 0.333 e. The van der Waals surface area contributed by atoms with Crippen LogP contribution in [0.15, 0.2) is 54.6 Å². The number of esters is 2. The second-order valence-corrected chi connectivity index (χ2v) is 9.04. The van der Waals surface area contributed by atoms with E-state index in [9.17, 15) is 9.59 Å².